The average Bonchev–Trinajstić information content (AvgIpc) is 3.14. The van der Waals surface area contributed by atoms with Gasteiger partial charge in [0.25, 0.3) is 0 Å². The van der Waals surface area contributed by atoms with E-state index in [0.29, 0.717) is 12.0 Å². The first-order chi connectivity index (χ1) is 10.7. The summed E-state index contributed by atoms with van der Waals surface area (Å²) in [7, 11) is 0. The van der Waals surface area contributed by atoms with Crippen LogP contribution in [0.2, 0.25) is 5.02 Å². The van der Waals surface area contributed by atoms with Crippen LogP contribution in [0.15, 0.2) is 29.3 Å². The third kappa shape index (κ3) is 3.55. The van der Waals surface area contributed by atoms with E-state index >= 15 is 0 Å². The number of nitrogens with zero attached hydrogens (tertiary/aromatic N) is 2. The normalized spacial score (nSPS) is 25.2. The third-order valence-corrected chi connectivity index (χ3v) is 4.79. The molecule has 1 unspecified atom stereocenters. The first kappa shape index (κ1) is 15.6. The van der Waals surface area contributed by atoms with Gasteiger partial charge in [-0.2, -0.15) is 0 Å². The lowest BCUT2D eigenvalue weighted by Gasteiger charge is -2.25. The molecule has 1 spiro atoms. The number of halogens is 1. The van der Waals surface area contributed by atoms with Crippen LogP contribution in [0.25, 0.3) is 0 Å². The minimum Gasteiger partial charge on any atom is -0.381 e. The van der Waals surface area contributed by atoms with Gasteiger partial charge in [0.15, 0.2) is 5.96 Å². The van der Waals surface area contributed by atoms with Crippen LogP contribution in [0, 0.1) is 5.41 Å². The van der Waals surface area contributed by atoms with E-state index in [1.807, 2.05) is 18.2 Å². The molecule has 1 aromatic rings. The van der Waals surface area contributed by atoms with Crippen LogP contribution in [0.1, 0.15) is 25.3 Å². The fourth-order valence-electron chi connectivity index (χ4n) is 3.31. The standard InChI is InChI=1S/C17H24ClN3O/c1-2-19-16(20-11-14-4-3-5-15(18)10-14)21-8-6-17(12-21)7-9-22-13-17/h3-5,10H,2,6-9,11-13H2,1H3,(H,19,20). The number of rotatable bonds is 3. The quantitative estimate of drug-likeness (QED) is 0.687. The Labute approximate surface area is 137 Å². The van der Waals surface area contributed by atoms with Crippen molar-refractivity contribution in [2.24, 2.45) is 10.4 Å². The van der Waals surface area contributed by atoms with Crippen molar-refractivity contribution in [3.63, 3.8) is 0 Å². The summed E-state index contributed by atoms with van der Waals surface area (Å²) in [4.78, 5) is 7.17. The van der Waals surface area contributed by atoms with Crippen LogP contribution in [0.3, 0.4) is 0 Å². The Morgan fingerprint density at radius 3 is 3.09 bits per heavy atom. The van der Waals surface area contributed by atoms with Crippen molar-refractivity contribution in [3.05, 3.63) is 34.9 Å². The molecule has 1 aromatic carbocycles. The van der Waals surface area contributed by atoms with Gasteiger partial charge in [0.1, 0.15) is 0 Å². The fraction of sp³-hybridized carbons (Fsp3) is 0.588. The van der Waals surface area contributed by atoms with Crippen molar-refractivity contribution < 1.29 is 4.74 Å². The van der Waals surface area contributed by atoms with Crippen LogP contribution in [-0.4, -0.2) is 43.7 Å². The predicted octanol–water partition coefficient (Wildman–Crippen LogP) is 2.92. The lowest BCUT2D eigenvalue weighted by Crippen LogP contribution is -2.41. The van der Waals surface area contributed by atoms with E-state index < -0.39 is 0 Å². The highest BCUT2D eigenvalue weighted by molar-refractivity contribution is 6.30. The number of benzene rings is 1. The molecule has 0 saturated carbocycles. The Hall–Kier alpha value is -1.26. The molecule has 2 aliphatic rings. The molecule has 0 aliphatic carbocycles. The van der Waals surface area contributed by atoms with Gasteiger partial charge in [0.05, 0.1) is 13.2 Å². The molecule has 2 aliphatic heterocycles. The fourth-order valence-corrected chi connectivity index (χ4v) is 3.53. The molecular formula is C17H24ClN3O. The summed E-state index contributed by atoms with van der Waals surface area (Å²) in [5, 5.41) is 4.18. The van der Waals surface area contributed by atoms with Gasteiger partial charge in [-0.3, -0.25) is 0 Å². The number of likely N-dealkylation sites (tertiary alicyclic amines) is 1. The summed E-state index contributed by atoms with van der Waals surface area (Å²) in [5.74, 6) is 1.01. The monoisotopic (exact) mass is 321 g/mol. The zero-order chi connectivity index (χ0) is 15.4. The third-order valence-electron chi connectivity index (χ3n) is 4.56. The number of hydrogen-bond donors (Lipinski definition) is 1. The molecule has 2 heterocycles. The van der Waals surface area contributed by atoms with Gasteiger partial charge in [-0.15, -0.1) is 0 Å². The minimum atomic E-state index is 0.353. The molecule has 5 heteroatoms. The summed E-state index contributed by atoms with van der Waals surface area (Å²) >= 11 is 6.04. The van der Waals surface area contributed by atoms with Crippen molar-refractivity contribution >= 4 is 17.6 Å². The predicted molar refractivity (Wildman–Crippen MR) is 90.3 cm³/mol. The molecular weight excluding hydrogens is 298 g/mol. The molecule has 0 radical (unpaired) electrons. The van der Waals surface area contributed by atoms with Crippen molar-refractivity contribution in [1.82, 2.24) is 10.2 Å². The van der Waals surface area contributed by atoms with Gasteiger partial charge in [-0.25, -0.2) is 4.99 Å². The largest absolute Gasteiger partial charge is 0.381 e. The number of aliphatic imine (C=N–C) groups is 1. The number of nitrogens with one attached hydrogen (secondary N) is 1. The summed E-state index contributed by atoms with van der Waals surface area (Å²) < 4.78 is 5.61. The van der Waals surface area contributed by atoms with Gasteiger partial charge in [0, 0.05) is 36.7 Å². The van der Waals surface area contributed by atoms with Crippen molar-refractivity contribution in [2.75, 3.05) is 32.8 Å². The second kappa shape index (κ2) is 6.88. The lowest BCUT2D eigenvalue weighted by molar-refractivity contribution is 0.156. The zero-order valence-corrected chi connectivity index (χ0v) is 13.9. The second-order valence-electron chi connectivity index (χ2n) is 6.27. The SMILES string of the molecule is CCNC(=NCc1cccc(Cl)c1)N1CCC2(CCOC2)C1. The molecule has 1 atom stereocenters. The Morgan fingerprint density at radius 1 is 1.45 bits per heavy atom. The lowest BCUT2D eigenvalue weighted by atomic mass is 9.87. The Balaban J connectivity index is 1.68. The van der Waals surface area contributed by atoms with Crippen LogP contribution < -0.4 is 5.32 Å². The Bertz CT molecular complexity index is 540. The van der Waals surface area contributed by atoms with Gasteiger partial charge >= 0.3 is 0 Å². The van der Waals surface area contributed by atoms with E-state index in [-0.39, 0.29) is 0 Å². The Kier molecular flexibility index (Phi) is 4.89. The number of ether oxygens (including phenoxy) is 1. The Morgan fingerprint density at radius 2 is 2.36 bits per heavy atom. The summed E-state index contributed by atoms with van der Waals surface area (Å²) in [6, 6.07) is 7.91. The van der Waals surface area contributed by atoms with E-state index in [1.165, 1.54) is 12.8 Å². The van der Waals surface area contributed by atoms with Crippen molar-refractivity contribution in [2.45, 2.75) is 26.3 Å². The maximum atomic E-state index is 6.04. The molecule has 3 rings (SSSR count). The van der Waals surface area contributed by atoms with Gasteiger partial charge in [-0.05, 0) is 37.5 Å². The maximum absolute atomic E-state index is 6.04. The molecule has 2 saturated heterocycles. The highest BCUT2D eigenvalue weighted by Gasteiger charge is 2.42. The molecule has 4 nitrogen and oxygen atoms in total. The van der Waals surface area contributed by atoms with Gasteiger partial charge in [0.2, 0.25) is 0 Å². The molecule has 2 fully saturated rings. The average molecular weight is 322 g/mol. The van der Waals surface area contributed by atoms with Crippen molar-refractivity contribution in [1.29, 1.82) is 0 Å². The van der Waals surface area contributed by atoms with Crippen LogP contribution in [-0.2, 0) is 11.3 Å². The topological polar surface area (TPSA) is 36.9 Å². The van der Waals surface area contributed by atoms with E-state index in [4.69, 9.17) is 21.3 Å². The molecule has 0 amide bonds. The van der Waals surface area contributed by atoms with Gasteiger partial charge < -0.3 is 15.0 Å². The molecule has 22 heavy (non-hydrogen) atoms. The first-order valence-corrected chi connectivity index (χ1v) is 8.44. The van der Waals surface area contributed by atoms with Crippen LogP contribution in [0.5, 0.6) is 0 Å². The van der Waals surface area contributed by atoms with Crippen molar-refractivity contribution in [3.8, 4) is 0 Å². The molecule has 0 bridgehead atoms. The van der Waals surface area contributed by atoms with Crippen LogP contribution >= 0.6 is 11.6 Å². The van der Waals surface area contributed by atoms with Gasteiger partial charge in [-0.1, -0.05) is 23.7 Å². The molecule has 120 valence electrons. The van der Waals surface area contributed by atoms with E-state index in [2.05, 4.69) is 23.2 Å². The summed E-state index contributed by atoms with van der Waals surface area (Å²) in [5.41, 5.74) is 1.49. The molecule has 0 aromatic heterocycles. The highest BCUT2D eigenvalue weighted by atomic mass is 35.5. The van der Waals surface area contributed by atoms with E-state index in [1.54, 1.807) is 0 Å². The van der Waals surface area contributed by atoms with E-state index in [9.17, 15) is 0 Å². The number of hydrogen-bond acceptors (Lipinski definition) is 2. The maximum Gasteiger partial charge on any atom is 0.194 e. The summed E-state index contributed by atoms with van der Waals surface area (Å²) in [6.07, 6.45) is 2.38. The van der Waals surface area contributed by atoms with E-state index in [0.717, 1.165) is 49.4 Å². The first-order valence-electron chi connectivity index (χ1n) is 8.06. The number of guanidine groups is 1. The molecule has 1 N–H and O–H groups in total. The summed E-state index contributed by atoms with van der Waals surface area (Å²) in [6.45, 7) is 7.57. The minimum absolute atomic E-state index is 0.353. The second-order valence-corrected chi connectivity index (χ2v) is 6.71. The van der Waals surface area contributed by atoms with Crippen LogP contribution in [0.4, 0.5) is 0 Å². The smallest absolute Gasteiger partial charge is 0.194 e. The zero-order valence-electron chi connectivity index (χ0n) is 13.1. The highest BCUT2D eigenvalue weighted by Crippen LogP contribution is 2.38.